The van der Waals surface area contributed by atoms with Crippen molar-refractivity contribution in [1.29, 1.82) is 0 Å². The fourth-order valence-corrected chi connectivity index (χ4v) is 3.63. The fraction of sp³-hybridized carbons (Fsp3) is 0.222. The number of halogens is 1. The van der Waals surface area contributed by atoms with E-state index in [0.717, 1.165) is 18.4 Å². The molecule has 1 heterocycles. The SMILES string of the molecule is OCC(Cc1ccc(F)cc1)Cc1csc2ccccc12. The van der Waals surface area contributed by atoms with Gasteiger partial charge in [0.2, 0.25) is 0 Å². The molecule has 1 aromatic heterocycles. The number of thiophene rings is 1. The van der Waals surface area contributed by atoms with Gasteiger partial charge in [-0.15, -0.1) is 11.3 Å². The largest absolute Gasteiger partial charge is 0.396 e. The maximum atomic E-state index is 12.9. The van der Waals surface area contributed by atoms with Crippen LogP contribution in [0.4, 0.5) is 4.39 Å². The molecule has 0 aliphatic heterocycles. The smallest absolute Gasteiger partial charge is 0.123 e. The summed E-state index contributed by atoms with van der Waals surface area (Å²) in [7, 11) is 0. The van der Waals surface area contributed by atoms with Gasteiger partial charge in [-0.25, -0.2) is 4.39 Å². The first-order valence-electron chi connectivity index (χ1n) is 7.06. The quantitative estimate of drug-likeness (QED) is 0.739. The summed E-state index contributed by atoms with van der Waals surface area (Å²) in [5.41, 5.74) is 2.35. The second kappa shape index (κ2) is 6.37. The van der Waals surface area contributed by atoms with Crippen LogP contribution in [0.25, 0.3) is 10.1 Å². The summed E-state index contributed by atoms with van der Waals surface area (Å²) in [6.45, 7) is 0.140. The van der Waals surface area contributed by atoms with Crippen molar-refractivity contribution < 1.29 is 9.50 Å². The Morgan fingerprint density at radius 3 is 2.52 bits per heavy atom. The molecule has 1 N–H and O–H groups in total. The van der Waals surface area contributed by atoms with Crippen LogP contribution < -0.4 is 0 Å². The highest BCUT2D eigenvalue weighted by Gasteiger charge is 2.13. The van der Waals surface area contributed by atoms with E-state index in [1.54, 1.807) is 23.5 Å². The second-order valence-electron chi connectivity index (χ2n) is 5.34. The zero-order chi connectivity index (χ0) is 14.7. The van der Waals surface area contributed by atoms with Gasteiger partial charge in [0.15, 0.2) is 0 Å². The van der Waals surface area contributed by atoms with Gasteiger partial charge in [-0.05, 0) is 58.9 Å². The highest BCUT2D eigenvalue weighted by atomic mass is 32.1. The van der Waals surface area contributed by atoms with Gasteiger partial charge in [0.25, 0.3) is 0 Å². The molecule has 0 radical (unpaired) electrons. The summed E-state index contributed by atoms with van der Waals surface area (Å²) >= 11 is 1.74. The molecular formula is C18H17FOS. The number of aliphatic hydroxyl groups is 1. The first-order chi connectivity index (χ1) is 10.3. The minimum absolute atomic E-state index is 0.140. The standard InChI is InChI=1S/C18H17FOS/c19-16-7-5-13(6-8-16)9-14(11-20)10-15-12-21-18-4-2-1-3-17(15)18/h1-8,12,14,20H,9-11H2. The molecule has 3 heteroatoms. The molecule has 0 saturated heterocycles. The van der Waals surface area contributed by atoms with Crippen LogP contribution in [-0.4, -0.2) is 11.7 Å². The van der Waals surface area contributed by atoms with E-state index in [-0.39, 0.29) is 18.3 Å². The molecule has 1 atom stereocenters. The van der Waals surface area contributed by atoms with E-state index >= 15 is 0 Å². The van der Waals surface area contributed by atoms with Crippen molar-refractivity contribution in [3.05, 3.63) is 70.9 Å². The average molecular weight is 300 g/mol. The van der Waals surface area contributed by atoms with E-state index < -0.39 is 0 Å². The molecule has 0 bridgehead atoms. The van der Waals surface area contributed by atoms with Crippen LogP contribution in [0.5, 0.6) is 0 Å². The molecule has 1 unspecified atom stereocenters. The normalized spacial score (nSPS) is 12.7. The summed E-state index contributed by atoms with van der Waals surface area (Å²) in [4.78, 5) is 0. The van der Waals surface area contributed by atoms with Crippen molar-refractivity contribution in [2.75, 3.05) is 6.61 Å². The highest BCUT2D eigenvalue weighted by molar-refractivity contribution is 7.17. The van der Waals surface area contributed by atoms with Crippen LogP contribution in [0, 0.1) is 11.7 Å². The molecule has 0 fully saturated rings. The molecule has 2 aromatic carbocycles. The number of benzene rings is 2. The average Bonchev–Trinajstić information content (AvgIpc) is 2.92. The predicted molar refractivity (Wildman–Crippen MR) is 86.2 cm³/mol. The maximum absolute atomic E-state index is 12.9. The Kier molecular flexibility index (Phi) is 4.32. The van der Waals surface area contributed by atoms with Gasteiger partial charge in [-0.2, -0.15) is 0 Å². The minimum atomic E-state index is -0.219. The molecule has 1 nitrogen and oxygen atoms in total. The Labute approximate surface area is 127 Å². The molecular weight excluding hydrogens is 283 g/mol. The van der Waals surface area contributed by atoms with Gasteiger partial charge < -0.3 is 5.11 Å². The lowest BCUT2D eigenvalue weighted by atomic mass is 9.93. The lowest BCUT2D eigenvalue weighted by Gasteiger charge is -2.14. The zero-order valence-corrected chi connectivity index (χ0v) is 12.4. The van der Waals surface area contributed by atoms with Crippen LogP contribution in [0.1, 0.15) is 11.1 Å². The fourth-order valence-electron chi connectivity index (χ4n) is 2.66. The van der Waals surface area contributed by atoms with Crippen LogP contribution in [0.15, 0.2) is 53.9 Å². The van der Waals surface area contributed by atoms with Crippen molar-refractivity contribution in [2.45, 2.75) is 12.8 Å². The van der Waals surface area contributed by atoms with Crippen LogP contribution >= 0.6 is 11.3 Å². The van der Waals surface area contributed by atoms with Crippen molar-refractivity contribution in [2.24, 2.45) is 5.92 Å². The van der Waals surface area contributed by atoms with Crippen LogP contribution in [0.2, 0.25) is 0 Å². The van der Waals surface area contributed by atoms with Gasteiger partial charge in [-0.1, -0.05) is 30.3 Å². The molecule has 0 saturated carbocycles. The lowest BCUT2D eigenvalue weighted by Crippen LogP contribution is -2.12. The molecule has 3 rings (SSSR count). The number of rotatable bonds is 5. The van der Waals surface area contributed by atoms with E-state index in [0.29, 0.717) is 0 Å². The number of aliphatic hydroxyl groups excluding tert-OH is 1. The Hall–Kier alpha value is -1.71. The third-order valence-corrected chi connectivity index (χ3v) is 4.78. The summed E-state index contributed by atoms with van der Waals surface area (Å²) in [5, 5.41) is 13.1. The Morgan fingerprint density at radius 1 is 1.00 bits per heavy atom. The van der Waals surface area contributed by atoms with Gasteiger partial charge in [0, 0.05) is 11.3 Å². The first-order valence-corrected chi connectivity index (χ1v) is 7.94. The van der Waals surface area contributed by atoms with Gasteiger partial charge in [-0.3, -0.25) is 0 Å². The maximum Gasteiger partial charge on any atom is 0.123 e. The molecule has 0 aliphatic carbocycles. The molecule has 3 aromatic rings. The molecule has 0 spiro atoms. The van der Waals surface area contributed by atoms with E-state index in [4.69, 9.17) is 0 Å². The first kappa shape index (κ1) is 14.2. The monoisotopic (exact) mass is 300 g/mol. The summed E-state index contributed by atoms with van der Waals surface area (Å²) in [6.07, 6.45) is 1.61. The third-order valence-electron chi connectivity index (χ3n) is 3.77. The molecule has 0 aliphatic rings. The summed E-state index contributed by atoms with van der Waals surface area (Å²) in [6, 6.07) is 14.9. The van der Waals surface area contributed by atoms with E-state index in [1.165, 1.54) is 27.8 Å². The Morgan fingerprint density at radius 2 is 1.76 bits per heavy atom. The molecule has 21 heavy (non-hydrogen) atoms. The Bertz CT molecular complexity index is 717. The zero-order valence-electron chi connectivity index (χ0n) is 11.6. The number of hydrogen-bond acceptors (Lipinski definition) is 2. The number of fused-ring (bicyclic) bond motifs is 1. The van der Waals surface area contributed by atoms with Crippen molar-refractivity contribution in [3.63, 3.8) is 0 Å². The van der Waals surface area contributed by atoms with Crippen molar-refractivity contribution >= 4 is 21.4 Å². The second-order valence-corrected chi connectivity index (χ2v) is 6.25. The van der Waals surface area contributed by atoms with Crippen molar-refractivity contribution in [1.82, 2.24) is 0 Å². The predicted octanol–water partition coefficient (Wildman–Crippen LogP) is 4.43. The van der Waals surface area contributed by atoms with E-state index in [9.17, 15) is 9.50 Å². The van der Waals surface area contributed by atoms with Gasteiger partial charge in [0.1, 0.15) is 5.82 Å². The van der Waals surface area contributed by atoms with Crippen molar-refractivity contribution in [3.8, 4) is 0 Å². The van der Waals surface area contributed by atoms with Crippen LogP contribution in [0.3, 0.4) is 0 Å². The van der Waals surface area contributed by atoms with Crippen LogP contribution in [-0.2, 0) is 12.8 Å². The van der Waals surface area contributed by atoms with Gasteiger partial charge >= 0.3 is 0 Å². The molecule has 0 amide bonds. The molecule has 108 valence electrons. The summed E-state index contributed by atoms with van der Waals surface area (Å²) < 4.78 is 14.2. The van der Waals surface area contributed by atoms with E-state index in [2.05, 4.69) is 17.5 Å². The number of hydrogen-bond donors (Lipinski definition) is 1. The Balaban J connectivity index is 1.76. The highest BCUT2D eigenvalue weighted by Crippen LogP contribution is 2.28. The lowest BCUT2D eigenvalue weighted by molar-refractivity contribution is 0.225. The van der Waals surface area contributed by atoms with E-state index in [1.807, 2.05) is 12.1 Å². The third kappa shape index (κ3) is 3.31. The van der Waals surface area contributed by atoms with Gasteiger partial charge in [0.05, 0.1) is 0 Å². The summed E-state index contributed by atoms with van der Waals surface area (Å²) in [5.74, 6) is -0.0587. The minimum Gasteiger partial charge on any atom is -0.396 e. The topological polar surface area (TPSA) is 20.2 Å².